The molecule has 0 amide bonds. The summed E-state index contributed by atoms with van der Waals surface area (Å²) in [5.41, 5.74) is 0.750. The normalized spacial score (nSPS) is 11.0. The van der Waals surface area contributed by atoms with Crippen LogP contribution >= 0.6 is 15.9 Å². The maximum Gasteiger partial charge on any atom is 0.306 e. The lowest BCUT2D eigenvalue weighted by molar-refractivity contribution is -0.143. The number of aromatic nitrogens is 2. The van der Waals surface area contributed by atoms with E-state index in [0.717, 1.165) is 21.2 Å². The number of nitrogens with zero attached hydrogens (tertiary/aromatic N) is 2. The van der Waals surface area contributed by atoms with E-state index >= 15 is 0 Å². The highest BCUT2D eigenvalue weighted by Gasteiger charge is 2.14. The second kappa shape index (κ2) is 9.58. The van der Waals surface area contributed by atoms with Crippen LogP contribution in [0, 0.1) is 0 Å². The summed E-state index contributed by atoms with van der Waals surface area (Å²) in [6.07, 6.45) is 1.08. The number of benzene rings is 2. The van der Waals surface area contributed by atoms with Gasteiger partial charge in [-0.25, -0.2) is 0 Å². The van der Waals surface area contributed by atoms with E-state index in [9.17, 15) is 4.79 Å². The van der Waals surface area contributed by atoms with E-state index in [1.807, 2.05) is 54.6 Å². The van der Waals surface area contributed by atoms with Crippen LogP contribution in [0.1, 0.15) is 18.7 Å². The van der Waals surface area contributed by atoms with Gasteiger partial charge in [0.25, 0.3) is 5.89 Å². The molecule has 7 nitrogen and oxygen atoms in total. The van der Waals surface area contributed by atoms with E-state index in [2.05, 4.69) is 26.1 Å². The molecule has 30 heavy (non-hydrogen) atoms. The van der Waals surface area contributed by atoms with Gasteiger partial charge in [0, 0.05) is 22.7 Å². The summed E-state index contributed by atoms with van der Waals surface area (Å²) in [5.74, 6) is 1.62. The summed E-state index contributed by atoms with van der Waals surface area (Å²) < 4.78 is 23.1. The lowest BCUT2D eigenvalue weighted by Crippen LogP contribution is -2.09. The van der Waals surface area contributed by atoms with E-state index in [0.29, 0.717) is 43.6 Å². The van der Waals surface area contributed by atoms with E-state index < -0.39 is 0 Å². The summed E-state index contributed by atoms with van der Waals surface area (Å²) in [4.78, 5) is 11.9. The van der Waals surface area contributed by atoms with Crippen LogP contribution in [-0.4, -0.2) is 29.4 Å². The first kappa shape index (κ1) is 20.2. The molecule has 4 rings (SSSR count). The van der Waals surface area contributed by atoms with Crippen molar-refractivity contribution in [2.75, 3.05) is 13.2 Å². The Kier molecular flexibility index (Phi) is 6.44. The van der Waals surface area contributed by atoms with Gasteiger partial charge in [-0.3, -0.25) is 4.79 Å². The second-order valence-corrected chi connectivity index (χ2v) is 7.44. The van der Waals surface area contributed by atoms with Gasteiger partial charge in [-0.2, -0.15) is 0 Å². The van der Waals surface area contributed by atoms with Gasteiger partial charge in [0.2, 0.25) is 5.89 Å². The first-order valence-electron chi connectivity index (χ1n) is 9.53. The lowest BCUT2D eigenvalue weighted by Gasteiger charge is -2.07. The first-order valence-corrected chi connectivity index (χ1v) is 10.3. The Morgan fingerprint density at radius 1 is 1.00 bits per heavy atom. The average Bonchev–Trinajstić information content (AvgIpc) is 3.40. The minimum absolute atomic E-state index is 0.162. The Balaban J connectivity index is 1.17. The van der Waals surface area contributed by atoms with E-state index in [1.165, 1.54) is 0 Å². The molecule has 0 atom stereocenters. The number of hydrogen-bond donors (Lipinski definition) is 0. The molecule has 0 N–H and O–H groups in total. The van der Waals surface area contributed by atoms with Gasteiger partial charge in [0.05, 0.1) is 19.6 Å². The van der Waals surface area contributed by atoms with Gasteiger partial charge in [0.1, 0.15) is 11.3 Å². The van der Waals surface area contributed by atoms with Crippen molar-refractivity contribution >= 4 is 32.9 Å². The van der Waals surface area contributed by atoms with Gasteiger partial charge >= 0.3 is 5.97 Å². The molecule has 0 aliphatic rings. The van der Waals surface area contributed by atoms with E-state index in [-0.39, 0.29) is 12.4 Å². The van der Waals surface area contributed by atoms with Crippen molar-refractivity contribution in [2.45, 2.75) is 19.3 Å². The number of ether oxygens (including phenoxy) is 2. The minimum Gasteiger partial charge on any atom is -0.493 e. The zero-order chi connectivity index (χ0) is 20.8. The number of para-hydroxylation sites is 1. The SMILES string of the molecule is O=C(CCc1nnc(-c2cc3ccccc3o2)o1)OCCCOc1ccc(Br)cc1. The Hall–Kier alpha value is -3.13. The van der Waals surface area contributed by atoms with Crippen molar-refractivity contribution in [2.24, 2.45) is 0 Å². The fourth-order valence-corrected chi connectivity index (χ4v) is 3.05. The number of aryl methyl sites for hydroxylation is 1. The molecule has 0 aliphatic carbocycles. The Morgan fingerprint density at radius 3 is 2.67 bits per heavy atom. The third-order valence-electron chi connectivity index (χ3n) is 4.28. The largest absolute Gasteiger partial charge is 0.493 e. The predicted molar refractivity (Wildman–Crippen MR) is 113 cm³/mol. The van der Waals surface area contributed by atoms with Crippen LogP contribution in [0.2, 0.25) is 0 Å². The number of hydrogen-bond acceptors (Lipinski definition) is 7. The number of fused-ring (bicyclic) bond motifs is 1. The Labute approximate surface area is 181 Å². The van der Waals surface area contributed by atoms with Gasteiger partial charge in [-0.1, -0.05) is 34.1 Å². The molecule has 2 aromatic carbocycles. The first-order chi connectivity index (χ1) is 14.7. The number of esters is 1. The lowest BCUT2D eigenvalue weighted by atomic mass is 10.2. The molecule has 0 aliphatic heterocycles. The summed E-state index contributed by atoms with van der Waals surface area (Å²) in [6, 6.07) is 17.1. The Bertz CT molecular complexity index is 1090. The second-order valence-electron chi connectivity index (χ2n) is 6.53. The molecule has 154 valence electrons. The highest BCUT2D eigenvalue weighted by molar-refractivity contribution is 9.10. The van der Waals surface area contributed by atoms with Crippen LogP contribution in [-0.2, 0) is 16.0 Å². The topological polar surface area (TPSA) is 87.6 Å². The van der Waals surface area contributed by atoms with Crippen molar-refractivity contribution in [3.63, 3.8) is 0 Å². The zero-order valence-electron chi connectivity index (χ0n) is 16.0. The van der Waals surface area contributed by atoms with Crippen LogP contribution in [0.4, 0.5) is 0 Å². The molecule has 0 unspecified atom stereocenters. The van der Waals surface area contributed by atoms with Crippen molar-refractivity contribution in [3.05, 3.63) is 65.0 Å². The van der Waals surface area contributed by atoms with Crippen LogP contribution in [0.5, 0.6) is 5.75 Å². The summed E-state index contributed by atoms with van der Waals surface area (Å²) >= 11 is 3.37. The fraction of sp³-hybridized carbons (Fsp3) is 0.227. The summed E-state index contributed by atoms with van der Waals surface area (Å²) in [7, 11) is 0. The third kappa shape index (κ3) is 5.27. The highest BCUT2D eigenvalue weighted by Crippen LogP contribution is 2.26. The molecule has 0 saturated heterocycles. The Morgan fingerprint density at radius 2 is 1.83 bits per heavy atom. The van der Waals surface area contributed by atoms with Gasteiger partial charge < -0.3 is 18.3 Å². The molecule has 0 spiro atoms. The molecule has 0 bridgehead atoms. The van der Waals surface area contributed by atoms with Crippen LogP contribution in [0.25, 0.3) is 22.6 Å². The highest BCUT2D eigenvalue weighted by atomic mass is 79.9. The summed E-state index contributed by atoms with van der Waals surface area (Å²) in [5, 5.41) is 8.93. The third-order valence-corrected chi connectivity index (χ3v) is 4.81. The molecule has 4 aromatic rings. The fourth-order valence-electron chi connectivity index (χ4n) is 2.79. The maximum atomic E-state index is 11.9. The molecule has 8 heteroatoms. The standard InChI is InChI=1S/C22H19BrN2O5/c23-16-6-8-17(9-7-16)27-12-3-13-28-21(26)11-10-20-24-25-22(30-20)19-14-15-4-1-2-5-18(15)29-19/h1-2,4-9,14H,3,10-13H2. The monoisotopic (exact) mass is 470 g/mol. The zero-order valence-corrected chi connectivity index (χ0v) is 17.6. The van der Waals surface area contributed by atoms with Crippen LogP contribution in [0.3, 0.4) is 0 Å². The van der Waals surface area contributed by atoms with E-state index in [1.54, 1.807) is 0 Å². The van der Waals surface area contributed by atoms with Gasteiger partial charge in [0.15, 0.2) is 5.76 Å². The summed E-state index contributed by atoms with van der Waals surface area (Å²) in [6.45, 7) is 0.767. The molecular formula is C22H19BrN2O5. The van der Waals surface area contributed by atoms with Gasteiger partial charge in [-0.15, -0.1) is 10.2 Å². The number of furan rings is 1. The number of halogens is 1. The maximum absolute atomic E-state index is 11.9. The molecule has 2 heterocycles. The molecule has 2 aromatic heterocycles. The molecule has 0 radical (unpaired) electrons. The smallest absolute Gasteiger partial charge is 0.306 e. The predicted octanol–water partition coefficient (Wildman–Crippen LogP) is 5.19. The number of carbonyl (C=O) groups excluding carboxylic acids is 1. The molecule has 0 fully saturated rings. The van der Waals surface area contributed by atoms with E-state index in [4.69, 9.17) is 18.3 Å². The van der Waals surface area contributed by atoms with Gasteiger partial charge in [-0.05, 0) is 36.4 Å². The quantitative estimate of drug-likeness (QED) is 0.245. The minimum atomic E-state index is -0.317. The van der Waals surface area contributed by atoms with Crippen molar-refractivity contribution in [1.82, 2.24) is 10.2 Å². The number of carbonyl (C=O) groups is 1. The molecule has 0 saturated carbocycles. The van der Waals surface area contributed by atoms with Crippen LogP contribution < -0.4 is 4.74 Å². The van der Waals surface area contributed by atoms with Crippen molar-refractivity contribution in [1.29, 1.82) is 0 Å². The van der Waals surface area contributed by atoms with Crippen molar-refractivity contribution in [3.8, 4) is 17.4 Å². The van der Waals surface area contributed by atoms with Crippen LogP contribution in [0.15, 0.2) is 67.9 Å². The molecular weight excluding hydrogens is 452 g/mol. The average molecular weight is 471 g/mol. The van der Waals surface area contributed by atoms with Crippen molar-refractivity contribution < 1.29 is 23.1 Å². The number of rotatable bonds is 9.